The van der Waals surface area contributed by atoms with Crippen molar-refractivity contribution in [2.45, 2.75) is 30.8 Å². The number of ether oxygens (including phenoxy) is 1. The lowest BCUT2D eigenvalue weighted by molar-refractivity contribution is -0.121. The van der Waals surface area contributed by atoms with Crippen LogP contribution in [0.5, 0.6) is 5.75 Å². The first kappa shape index (κ1) is 20.0. The number of benzene rings is 2. The van der Waals surface area contributed by atoms with E-state index >= 15 is 0 Å². The van der Waals surface area contributed by atoms with E-state index < -0.39 is 22.0 Å². The molecule has 1 aliphatic heterocycles. The molecule has 0 bridgehead atoms. The molecule has 0 radical (unpaired) electrons. The monoisotopic (exact) mass is 427 g/mol. The zero-order valence-electron chi connectivity index (χ0n) is 16.3. The van der Waals surface area contributed by atoms with Gasteiger partial charge in [0.1, 0.15) is 24.4 Å². The summed E-state index contributed by atoms with van der Waals surface area (Å²) in [6.45, 7) is 2.45. The van der Waals surface area contributed by atoms with Gasteiger partial charge in [0.05, 0.1) is 11.5 Å². The Morgan fingerprint density at radius 1 is 1.10 bits per heavy atom. The Morgan fingerprint density at radius 2 is 1.77 bits per heavy atom. The van der Waals surface area contributed by atoms with Crippen LogP contribution in [-0.4, -0.2) is 46.2 Å². The smallest absolute Gasteiger partial charge is 0.257 e. The minimum Gasteiger partial charge on any atom is -0.494 e. The Kier molecular flexibility index (Phi) is 5.51. The third-order valence-electron chi connectivity index (χ3n) is 4.91. The predicted molar refractivity (Wildman–Crippen MR) is 109 cm³/mol. The van der Waals surface area contributed by atoms with Crippen LogP contribution in [0.3, 0.4) is 0 Å². The number of nitrogens with one attached hydrogen (secondary N) is 1. The molecule has 2 heterocycles. The second-order valence-electron chi connectivity index (χ2n) is 6.79. The predicted octanol–water partition coefficient (Wildman–Crippen LogP) is 1.56. The van der Waals surface area contributed by atoms with E-state index in [-0.39, 0.29) is 17.9 Å². The summed E-state index contributed by atoms with van der Waals surface area (Å²) in [5.41, 5.74) is 4.45. The summed E-state index contributed by atoms with van der Waals surface area (Å²) in [6, 6.07) is 12.8. The fourth-order valence-electron chi connectivity index (χ4n) is 3.45. The lowest BCUT2D eigenvalue weighted by Crippen LogP contribution is -2.51. The van der Waals surface area contributed by atoms with E-state index in [1.165, 1.54) is 33.8 Å². The maximum absolute atomic E-state index is 13.5. The Balaban J connectivity index is 1.68. The first-order chi connectivity index (χ1) is 14.5. The first-order valence-corrected chi connectivity index (χ1v) is 10.9. The second-order valence-corrected chi connectivity index (χ2v) is 8.68. The highest BCUT2D eigenvalue weighted by Gasteiger charge is 2.39. The Hall–Kier alpha value is -3.24. The van der Waals surface area contributed by atoms with Crippen molar-refractivity contribution in [3.05, 3.63) is 72.3 Å². The standard InChI is InChI=1S/C20H21N5O4S/c1-2-29-17-7-9-18(10-8-17)30(27,28)25-12-16-6-4-3-5-15(16)11-19(25)20(26)23-24-13-21-22-14-24/h3-10,13-14,19H,2,11-12H2,1H3,(H,23,26). The van der Waals surface area contributed by atoms with Crippen LogP contribution >= 0.6 is 0 Å². The van der Waals surface area contributed by atoms with Crippen molar-refractivity contribution in [2.24, 2.45) is 0 Å². The zero-order chi connectivity index (χ0) is 21.1. The van der Waals surface area contributed by atoms with Crippen LogP contribution in [0.4, 0.5) is 0 Å². The Morgan fingerprint density at radius 3 is 2.43 bits per heavy atom. The van der Waals surface area contributed by atoms with Crippen LogP contribution in [0.1, 0.15) is 18.1 Å². The molecule has 10 heteroatoms. The van der Waals surface area contributed by atoms with Crippen molar-refractivity contribution in [2.75, 3.05) is 12.0 Å². The molecule has 0 aliphatic carbocycles. The summed E-state index contributed by atoms with van der Waals surface area (Å²) >= 11 is 0. The normalized spacial score (nSPS) is 16.6. The minimum atomic E-state index is -3.93. The van der Waals surface area contributed by atoms with E-state index in [9.17, 15) is 13.2 Å². The number of fused-ring (bicyclic) bond motifs is 1. The van der Waals surface area contributed by atoms with Crippen molar-refractivity contribution in [3.8, 4) is 5.75 Å². The van der Waals surface area contributed by atoms with Gasteiger partial charge in [0, 0.05) is 6.54 Å². The quantitative estimate of drug-likeness (QED) is 0.640. The van der Waals surface area contributed by atoms with Gasteiger partial charge >= 0.3 is 0 Å². The SMILES string of the molecule is CCOc1ccc(S(=O)(=O)N2Cc3ccccc3CC2C(=O)Nn2cnnc2)cc1. The van der Waals surface area contributed by atoms with Gasteiger partial charge in [-0.15, -0.1) is 10.2 Å². The molecule has 30 heavy (non-hydrogen) atoms. The molecule has 1 unspecified atom stereocenters. The number of hydrogen-bond acceptors (Lipinski definition) is 6. The molecular formula is C20H21N5O4S. The van der Waals surface area contributed by atoms with Gasteiger partial charge in [-0.2, -0.15) is 4.31 Å². The molecule has 1 N–H and O–H groups in total. The summed E-state index contributed by atoms with van der Waals surface area (Å²) in [4.78, 5) is 13.1. The molecule has 1 aliphatic rings. The molecule has 1 atom stereocenters. The second kappa shape index (κ2) is 8.25. The fraction of sp³-hybridized carbons (Fsp3) is 0.250. The first-order valence-electron chi connectivity index (χ1n) is 9.46. The number of rotatable bonds is 6. The topological polar surface area (TPSA) is 106 Å². The zero-order valence-corrected chi connectivity index (χ0v) is 17.1. The molecule has 0 saturated carbocycles. The fourth-order valence-corrected chi connectivity index (χ4v) is 5.01. The van der Waals surface area contributed by atoms with E-state index in [0.717, 1.165) is 11.1 Å². The van der Waals surface area contributed by atoms with Gasteiger partial charge in [-0.1, -0.05) is 24.3 Å². The molecule has 2 aromatic carbocycles. The van der Waals surface area contributed by atoms with Crippen molar-refractivity contribution in [1.82, 2.24) is 19.2 Å². The summed E-state index contributed by atoms with van der Waals surface area (Å²) in [5, 5.41) is 7.30. The van der Waals surface area contributed by atoms with Crippen molar-refractivity contribution in [3.63, 3.8) is 0 Å². The maximum atomic E-state index is 13.5. The van der Waals surface area contributed by atoms with E-state index in [4.69, 9.17) is 4.74 Å². The van der Waals surface area contributed by atoms with E-state index in [1.807, 2.05) is 31.2 Å². The Bertz CT molecular complexity index is 1130. The molecule has 9 nitrogen and oxygen atoms in total. The highest BCUT2D eigenvalue weighted by Crippen LogP contribution is 2.30. The van der Waals surface area contributed by atoms with Gasteiger partial charge in [-0.25, -0.2) is 13.1 Å². The van der Waals surface area contributed by atoms with Gasteiger partial charge < -0.3 is 4.74 Å². The van der Waals surface area contributed by atoms with Crippen LogP contribution in [-0.2, 0) is 27.8 Å². The van der Waals surface area contributed by atoms with Gasteiger partial charge in [0.2, 0.25) is 10.0 Å². The number of sulfonamides is 1. The lowest BCUT2D eigenvalue weighted by Gasteiger charge is -2.35. The summed E-state index contributed by atoms with van der Waals surface area (Å²) in [7, 11) is -3.93. The number of hydrogen-bond donors (Lipinski definition) is 1. The van der Waals surface area contributed by atoms with Gasteiger partial charge in [-0.05, 0) is 48.7 Å². The number of amides is 1. The molecule has 1 aromatic heterocycles. The minimum absolute atomic E-state index is 0.103. The highest BCUT2D eigenvalue weighted by atomic mass is 32.2. The van der Waals surface area contributed by atoms with E-state index in [1.54, 1.807) is 12.1 Å². The van der Waals surface area contributed by atoms with Gasteiger partial charge in [0.15, 0.2) is 0 Å². The third-order valence-corrected chi connectivity index (χ3v) is 6.78. The molecule has 0 spiro atoms. The number of nitrogens with zero attached hydrogens (tertiary/aromatic N) is 4. The van der Waals surface area contributed by atoms with E-state index in [0.29, 0.717) is 12.4 Å². The molecule has 0 saturated heterocycles. The number of aromatic nitrogens is 3. The van der Waals surface area contributed by atoms with Crippen molar-refractivity contribution < 1.29 is 17.9 Å². The van der Waals surface area contributed by atoms with Crippen molar-refractivity contribution >= 4 is 15.9 Å². The summed E-state index contributed by atoms with van der Waals surface area (Å²) < 4.78 is 34.8. The van der Waals surface area contributed by atoms with Crippen LogP contribution in [0.15, 0.2) is 66.1 Å². The van der Waals surface area contributed by atoms with Crippen LogP contribution in [0, 0.1) is 0 Å². The maximum Gasteiger partial charge on any atom is 0.257 e. The molecule has 1 amide bonds. The average Bonchev–Trinajstić information content (AvgIpc) is 3.26. The molecule has 3 aromatic rings. The van der Waals surface area contributed by atoms with Crippen LogP contribution in [0.2, 0.25) is 0 Å². The number of carbonyl (C=O) groups is 1. The molecular weight excluding hydrogens is 406 g/mol. The van der Waals surface area contributed by atoms with Crippen LogP contribution in [0.25, 0.3) is 0 Å². The van der Waals surface area contributed by atoms with Crippen molar-refractivity contribution in [1.29, 1.82) is 0 Å². The van der Waals surface area contributed by atoms with Gasteiger partial charge in [-0.3, -0.25) is 10.2 Å². The average molecular weight is 427 g/mol. The number of carbonyl (C=O) groups excluding carboxylic acids is 1. The summed E-state index contributed by atoms with van der Waals surface area (Å²) in [6.07, 6.45) is 2.93. The van der Waals surface area contributed by atoms with E-state index in [2.05, 4.69) is 15.6 Å². The molecule has 4 rings (SSSR count). The summed E-state index contributed by atoms with van der Waals surface area (Å²) in [5.74, 6) is 0.126. The largest absolute Gasteiger partial charge is 0.494 e. The Labute approximate surface area is 174 Å². The third kappa shape index (κ3) is 3.91. The van der Waals surface area contributed by atoms with Gasteiger partial charge in [0.25, 0.3) is 5.91 Å². The lowest BCUT2D eigenvalue weighted by atomic mass is 9.95. The van der Waals surface area contributed by atoms with Crippen LogP contribution < -0.4 is 10.2 Å². The molecule has 156 valence electrons. The highest BCUT2D eigenvalue weighted by molar-refractivity contribution is 7.89. The molecule has 0 fully saturated rings.